The summed E-state index contributed by atoms with van der Waals surface area (Å²) in [5.74, 6) is -0.275. The predicted octanol–water partition coefficient (Wildman–Crippen LogP) is 3.74. The molecule has 23 heavy (non-hydrogen) atoms. The Kier molecular flexibility index (Phi) is 3.39. The van der Waals surface area contributed by atoms with E-state index in [1.54, 1.807) is 24.8 Å². The molecule has 116 valence electrons. The smallest absolute Gasteiger partial charge is 0.142 e. The van der Waals surface area contributed by atoms with Crippen molar-refractivity contribution in [1.82, 2.24) is 14.8 Å². The molecular weight excluding hydrogens is 317 g/mol. The Hall–Kier alpha value is -2.24. The van der Waals surface area contributed by atoms with Crippen molar-refractivity contribution in [2.75, 3.05) is 0 Å². The summed E-state index contributed by atoms with van der Waals surface area (Å²) in [5.41, 5.74) is 1.23. The molecule has 1 saturated heterocycles. The molecule has 2 heterocycles. The summed E-state index contributed by atoms with van der Waals surface area (Å²) in [4.78, 5) is 0. The first kappa shape index (κ1) is 14.4. The van der Waals surface area contributed by atoms with Gasteiger partial charge in [-0.15, -0.1) is 10.2 Å². The van der Waals surface area contributed by atoms with E-state index in [1.807, 2.05) is 28.8 Å². The molecule has 0 saturated carbocycles. The maximum atomic E-state index is 13.3. The third-order valence-electron chi connectivity index (χ3n) is 4.10. The number of halogens is 2. The highest BCUT2D eigenvalue weighted by molar-refractivity contribution is 6.31. The number of epoxide rings is 1. The number of nitrogens with zero attached hydrogens (tertiary/aromatic N) is 3. The van der Waals surface area contributed by atoms with Gasteiger partial charge < -0.3 is 9.30 Å². The van der Waals surface area contributed by atoms with Gasteiger partial charge in [0, 0.05) is 10.6 Å². The molecule has 0 radical (unpaired) electrons. The molecule has 1 aromatic heterocycles. The average molecular weight is 330 g/mol. The van der Waals surface area contributed by atoms with E-state index in [1.165, 1.54) is 12.1 Å². The minimum Gasteiger partial charge on any atom is -0.354 e. The number of hydrogen-bond acceptors (Lipinski definition) is 3. The van der Waals surface area contributed by atoms with Crippen LogP contribution in [0.25, 0.3) is 0 Å². The highest BCUT2D eigenvalue weighted by Gasteiger charge is 2.59. The van der Waals surface area contributed by atoms with Crippen molar-refractivity contribution in [1.29, 1.82) is 0 Å². The molecule has 0 aliphatic carbocycles. The monoisotopic (exact) mass is 329 g/mol. The Labute approximate surface area is 137 Å². The molecule has 1 aliphatic heterocycles. The maximum absolute atomic E-state index is 13.3. The Morgan fingerprint density at radius 1 is 1.09 bits per heavy atom. The molecule has 4 nitrogen and oxygen atoms in total. The minimum atomic E-state index is -0.596. The van der Waals surface area contributed by atoms with Crippen molar-refractivity contribution in [3.63, 3.8) is 0 Å². The highest BCUT2D eigenvalue weighted by atomic mass is 35.5. The Morgan fingerprint density at radius 2 is 1.78 bits per heavy atom. The van der Waals surface area contributed by atoms with Crippen LogP contribution in [0.15, 0.2) is 61.2 Å². The van der Waals surface area contributed by atoms with Gasteiger partial charge in [-0.2, -0.15) is 0 Å². The summed E-state index contributed by atoms with van der Waals surface area (Å²) >= 11 is 6.31. The van der Waals surface area contributed by atoms with Crippen LogP contribution >= 0.6 is 11.6 Å². The van der Waals surface area contributed by atoms with Gasteiger partial charge in [-0.05, 0) is 23.8 Å². The zero-order valence-corrected chi connectivity index (χ0v) is 12.8. The van der Waals surface area contributed by atoms with E-state index in [9.17, 15) is 4.39 Å². The van der Waals surface area contributed by atoms with Gasteiger partial charge in [-0.1, -0.05) is 41.9 Å². The Bertz CT molecular complexity index is 822. The lowest BCUT2D eigenvalue weighted by molar-refractivity contribution is 0.269. The predicted molar refractivity (Wildman–Crippen MR) is 83.4 cm³/mol. The van der Waals surface area contributed by atoms with Crippen molar-refractivity contribution in [2.45, 2.75) is 18.2 Å². The first-order valence-electron chi connectivity index (χ1n) is 7.20. The van der Waals surface area contributed by atoms with Crippen LogP contribution < -0.4 is 0 Å². The van der Waals surface area contributed by atoms with Gasteiger partial charge >= 0.3 is 0 Å². The van der Waals surface area contributed by atoms with Gasteiger partial charge in [0.1, 0.15) is 30.2 Å². The molecule has 0 N–H and O–H groups in total. The quantitative estimate of drug-likeness (QED) is 0.685. The highest BCUT2D eigenvalue weighted by Crippen LogP contribution is 2.59. The molecule has 0 spiro atoms. The van der Waals surface area contributed by atoms with Gasteiger partial charge in [0.2, 0.25) is 0 Å². The molecule has 1 fully saturated rings. The largest absolute Gasteiger partial charge is 0.354 e. The second kappa shape index (κ2) is 5.44. The van der Waals surface area contributed by atoms with E-state index in [4.69, 9.17) is 16.3 Å². The van der Waals surface area contributed by atoms with Crippen molar-refractivity contribution in [3.8, 4) is 0 Å². The first-order valence-corrected chi connectivity index (χ1v) is 7.57. The topological polar surface area (TPSA) is 43.2 Å². The summed E-state index contributed by atoms with van der Waals surface area (Å²) in [5, 5.41) is 8.31. The van der Waals surface area contributed by atoms with Gasteiger partial charge in [-0.3, -0.25) is 0 Å². The zero-order valence-electron chi connectivity index (χ0n) is 12.1. The number of ether oxygens (including phenoxy) is 1. The lowest BCUT2D eigenvalue weighted by Crippen LogP contribution is -2.18. The average Bonchev–Trinajstić information content (AvgIpc) is 3.02. The zero-order chi connectivity index (χ0) is 15.9. The molecule has 0 unspecified atom stereocenters. The molecule has 3 aromatic rings. The molecule has 6 heteroatoms. The summed E-state index contributed by atoms with van der Waals surface area (Å²) in [6, 6.07) is 14.0. The van der Waals surface area contributed by atoms with Crippen LogP contribution in [-0.2, 0) is 16.9 Å². The van der Waals surface area contributed by atoms with Gasteiger partial charge in [0.05, 0.1) is 6.54 Å². The molecular formula is C17H13ClFN3O. The Morgan fingerprint density at radius 3 is 2.48 bits per heavy atom. The van der Waals surface area contributed by atoms with E-state index >= 15 is 0 Å². The van der Waals surface area contributed by atoms with Crippen LogP contribution in [0.1, 0.15) is 17.2 Å². The normalized spacial score (nSPS) is 23.0. The SMILES string of the molecule is Fc1ccc([C@@]2(Cn3cnnc3)O[C@@H]2c2ccccc2Cl)cc1. The van der Waals surface area contributed by atoms with Gasteiger partial charge in [0.15, 0.2) is 0 Å². The third-order valence-corrected chi connectivity index (χ3v) is 4.44. The van der Waals surface area contributed by atoms with E-state index in [-0.39, 0.29) is 11.9 Å². The number of aromatic nitrogens is 3. The van der Waals surface area contributed by atoms with Crippen LogP contribution in [0.5, 0.6) is 0 Å². The minimum absolute atomic E-state index is 0.191. The van der Waals surface area contributed by atoms with Crippen molar-refractivity contribution in [2.24, 2.45) is 0 Å². The van der Waals surface area contributed by atoms with Crippen molar-refractivity contribution >= 4 is 11.6 Å². The molecule has 2 aromatic carbocycles. The van der Waals surface area contributed by atoms with Crippen LogP contribution in [0.2, 0.25) is 5.02 Å². The summed E-state index contributed by atoms with van der Waals surface area (Å²) < 4.78 is 21.2. The van der Waals surface area contributed by atoms with Crippen LogP contribution in [0.3, 0.4) is 0 Å². The first-order chi connectivity index (χ1) is 11.2. The van der Waals surface area contributed by atoms with E-state index in [0.717, 1.165) is 11.1 Å². The maximum Gasteiger partial charge on any atom is 0.142 e. The summed E-state index contributed by atoms with van der Waals surface area (Å²) in [7, 11) is 0. The standard InChI is InChI=1S/C17H13ClFN3O/c18-15-4-2-1-3-14(15)16-17(23-16,9-22-10-20-21-11-22)12-5-7-13(19)8-6-12/h1-8,10-11,16H,9H2/t16-,17-/m1/s1. The molecule has 0 bridgehead atoms. The molecule has 2 atom stereocenters. The van der Waals surface area contributed by atoms with E-state index < -0.39 is 5.60 Å². The van der Waals surface area contributed by atoms with Crippen molar-refractivity contribution in [3.05, 3.63) is 83.2 Å². The fourth-order valence-corrected chi connectivity index (χ4v) is 3.15. The summed E-state index contributed by atoms with van der Waals surface area (Å²) in [6.45, 7) is 0.529. The second-order valence-electron chi connectivity index (χ2n) is 5.55. The molecule has 4 rings (SSSR count). The number of benzene rings is 2. The molecule has 1 aliphatic rings. The third kappa shape index (κ3) is 2.52. The second-order valence-corrected chi connectivity index (χ2v) is 5.96. The lowest BCUT2D eigenvalue weighted by atomic mass is 9.91. The van der Waals surface area contributed by atoms with Crippen molar-refractivity contribution < 1.29 is 9.13 Å². The fraction of sp³-hybridized carbons (Fsp3) is 0.176. The lowest BCUT2D eigenvalue weighted by Gasteiger charge is -2.14. The Balaban J connectivity index is 1.74. The van der Waals surface area contributed by atoms with E-state index in [0.29, 0.717) is 11.6 Å². The fourth-order valence-electron chi connectivity index (χ4n) is 2.92. The molecule has 0 amide bonds. The van der Waals surface area contributed by atoms with Crippen LogP contribution in [0.4, 0.5) is 4.39 Å². The van der Waals surface area contributed by atoms with Crippen LogP contribution in [0, 0.1) is 5.82 Å². The van der Waals surface area contributed by atoms with Gasteiger partial charge in [0.25, 0.3) is 0 Å². The van der Waals surface area contributed by atoms with E-state index in [2.05, 4.69) is 10.2 Å². The number of rotatable bonds is 4. The van der Waals surface area contributed by atoms with Crippen LogP contribution in [-0.4, -0.2) is 14.8 Å². The number of hydrogen-bond donors (Lipinski definition) is 0. The summed E-state index contributed by atoms with van der Waals surface area (Å²) in [6.07, 6.45) is 3.08. The van der Waals surface area contributed by atoms with Gasteiger partial charge in [-0.25, -0.2) is 4.39 Å².